The molecule has 0 fully saturated rings. The highest BCUT2D eigenvalue weighted by Crippen LogP contribution is 2.19. The molecule has 0 saturated heterocycles. The summed E-state index contributed by atoms with van der Waals surface area (Å²) >= 11 is 0. The Morgan fingerprint density at radius 3 is 2.06 bits per heavy atom. The summed E-state index contributed by atoms with van der Waals surface area (Å²) in [5.41, 5.74) is 0.701. The average molecular weight is 452 g/mol. The van der Waals surface area contributed by atoms with Gasteiger partial charge in [0.05, 0.1) is 25.4 Å². The predicted molar refractivity (Wildman–Crippen MR) is 121 cm³/mol. The van der Waals surface area contributed by atoms with E-state index in [4.69, 9.17) is 24.1 Å². The van der Waals surface area contributed by atoms with Gasteiger partial charge >= 0.3 is 17.9 Å². The van der Waals surface area contributed by atoms with Crippen molar-refractivity contribution in [2.75, 3.05) is 19.8 Å². The average Bonchev–Trinajstić information content (AvgIpc) is 2.83. The summed E-state index contributed by atoms with van der Waals surface area (Å²) in [6.07, 6.45) is 4.53. The van der Waals surface area contributed by atoms with Crippen LogP contribution >= 0.6 is 0 Å². The number of ether oxygens (including phenoxy) is 4. The summed E-state index contributed by atoms with van der Waals surface area (Å²) in [6.45, 7) is 6.84. The molecule has 0 aliphatic rings. The second kappa shape index (κ2) is 13.3. The number of hydrogen-bond donors (Lipinski definition) is 1. The van der Waals surface area contributed by atoms with Crippen LogP contribution in [-0.4, -0.2) is 42.8 Å². The van der Waals surface area contributed by atoms with Crippen LogP contribution in [-0.2, 0) is 19.1 Å². The molecule has 0 aliphatic heterocycles. The maximum atomic E-state index is 12.0. The summed E-state index contributed by atoms with van der Waals surface area (Å²) in [5, 5.41) is 8.86. The van der Waals surface area contributed by atoms with Crippen LogP contribution in [0.4, 0.5) is 0 Å². The van der Waals surface area contributed by atoms with E-state index in [1.807, 2.05) is 0 Å². The van der Waals surface area contributed by atoms with Gasteiger partial charge in [-0.25, -0.2) is 14.4 Å². The van der Waals surface area contributed by atoms with Gasteiger partial charge in [-0.2, -0.15) is 0 Å². The Balaban J connectivity index is 1.77. The lowest BCUT2D eigenvalue weighted by atomic mass is 10.2. The molecule has 0 aromatic heterocycles. The van der Waals surface area contributed by atoms with Crippen LogP contribution in [0.1, 0.15) is 12.0 Å². The highest BCUT2D eigenvalue weighted by molar-refractivity contribution is 5.90. The lowest BCUT2D eigenvalue weighted by Crippen LogP contribution is -2.12. The van der Waals surface area contributed by atoms with Crippen molar-refractivity contribution in [3.63, 3.8) is 0 Å². The van der Waals surface area contributed by atoms with Gasteiger partial charge in [0.25, 0.3) is 0 Å². The zero-order chi connectivity index (χ0) is 24.1. The number of hydrogen-bond acceptors (Lipinski definition) is 8. The maximum Gasteiger partial charge on any atom is 0.341 e. The van der Waals surface area contributed by atoms with Crippen LogP contribution in [0.2, 0.25) is 0 Å². The van der Waals surface area contributed by atoms with Crippen molar-refractivity contribution in [3.8, 4) is 17.2 Å². The topological polar surface area (TPSA) is 108 Å². The molecule has 0 heterocycles. The minimum atomic E-state index is -0.740. The molecule has 1 N–H and O–H groups in total. The Hall–Kier alpha value is -4.17. The normalized spacial score (nSPS) is 10.3. The van der Waals surface area contributed by atoms with Crippen LogP contribution in [0.25, 0.3) is 6.08 Å². The number of rotatable bonds is 12. The van der Waals surface area contributed by atoms with Gasteiger partial charge in [0.2, 0.25) is 0 Å². The molecule has 33 heavy (non-hydrogen) atoms. The van der Waals surface area contributed by atoms with Gasteiger partial charge in [0, 0.05) is 18.6 Å². The third-order valence-electron chi connectivity index (χ3n) is 3.99. The minimum absolute atomic E-state index is 0.0678. The van der Waals surface area contributed by atoms with Crippen molar-refractivity contribution in [1.29, 1.82) is 0 Å². The van der Waals surface area contributed by atoms with E-state index in [1.165, 1.54) is 30.3 Å². The van der Waals surface area contributed by atoms with E-state index in [1.54, 1.807) is 30.3 Å². The zero-order valence-electron chi connectivity index (χ0n) is 17.9. The fourth-order valence-corrected chi connectivity index (χ4v) is 2.29. The second-order valence-corrected chi connectivity index (χ2v) is 6.52. The van der Waals surface area contributed by atoms with E-state index < -0.39 is 24.5 Å². The summed E-state index contributed by atoms with van der Waals surface area (Å²) in [7, 11) is 0. The maximum absolute atomic E-state index is 12.0. The van der Waals surface area contributed by atoms with Gasteiger partial charge in [0.15, 0.2) is 0 Å². The van der Waals surface area contributed by atoms with Crippen molar-refractivity contribution in [2.24, 2.45) is 0 Å². The van der Waals surface area contributed by atoms with Crippen LogP contribution in [0.3, 0.4) is 0 Å². The lowest BCUT2D eigenvalue weighted by Gasteiger charge is -2.07. The molecule has 0 amide bonds. The predicted octanol–water partition coefficient (Wildman–Crippen LogP) is 3.26. The Morgan fingerprint density at radius 2 is 1.45 bits per heavy atom. The molecule has 2 aromatic carbocycles. The van der Waals surface area contributed by atoms with Crippen molar-refractivity contribution in [3.05, 3.63) is 85.0 Å². The molecule has 0 radical (unpaired) electrons. The second-order valence-electron chi connectivity index (χ2n) is 6.52. The Kier molecular flexibility index (Phi) is 10.1. The first-order valence-electron chi connectivity index (χ1n) is 9.94. The van der Waals surface area contributed by atoms with Gasteiger partial charge in [-0.15, -0.1) is 0 Å². The van der Waals surface area contributed by atoms with E-state index in [0.717, 1.165) is 11.6 Å². The fraction of sp³-hybridized carbons (Fsp3) is 0.160. The van der Waals surface area contributed by atoms with E-state index >= 15 is 0 Å². The molecule has 2 aromatic rings. The van der Waals surface area contributed by atoms with Crippen molar-refractivity contribution < 1.29 is 38.4 Å². The molecule has 8 heteroatoms. The van der Waals surface area contributed by atoms with Crippen molar-refractivity contribution >= 4 is 24.0 Å². The van der Waals surface area contributed by atoms with E-state index in [-0.39, 0.29) is 23.7 Å². The monoisotopic (exact) mass is 452 g/mol. The lowest BCUT2D eigenvalue weighted by molar-refractivity contribution is -0.138. The standard InChI is InChI=1S/C25H24O8/c1-3-23(27)31-16-4-15-30-20-8-5-19(6-9-20)7-14-24(28)32-21-10-12-22(13-11-21)33-25(29)18(2)17-26/h3,5-14,26H,1-2,4,15-17H2/b14-7+. The number of aliphatic hydroxyl groups is 1. The summed E-state index contributed by atoms with van der Waals surface area (Å²) in [4.78, 5) is 34.5. The summed E-state index contributed by atoms with van der Waals surface area (Å²) in [5.74, 6) is -0.641. The minimum Gasteiger partial charge on any atom is -0.493 e. The smallest absolute Gasteiger partial charge is 0.341 e. The quantitative estimate of drug-likeness (QED) is 0.226. The molecule has 0 bridgehead atoms. The molecule has 8 nitrogen and oxygen atoms in total. The molecule has 0 atom stereocenters. The molecular weight excluding hydrogens is 428 g/mol. The van der Waals surface area contributed by atoms with Gasteiger partial charge < -0.3 is 24.1 Å². The summed E-state index contributed by atoms with van der Waals surface area (Å²) in [6, 6.07) is 12.9. The van der Waals surface area contributed by atoms with Gasteiger partial charge in [-0.05, 0) is 48.0 Å². The molecular formula is C25H24O8. The highest BCUT2D eigenvalue weighted by atomic mass is 16.5. The van der Waals surface area contributed by atoms with Crippen LogP contribution in [0, 0.1) is 0 Å². The van der Waals surface area contributed by atoms with Crippen LogP contribution in [0.15, 0.2) is 79.4 Å². The van der Waals surface area contributed by atoms with E-state index in [0.29, 0.717) is 18.8 Å². The Labute approximate surface area is 191 Å². The third kappa shape index (κ3) is 9.24. The fourth-order valence-electron chi connectivity index (χ4n) is 2.29. The van der Waals surface area contributed by atoms with Gasteiger partial charge in [-0.3, -0.25) is 0 Å². The number of carbonyl (C=O) groups is 3. The van der Waals surface area contributed by atoms with Crippen LogP contribution < -0.4 is 14.2 Å². The number of carbonyl (C=O) groups excluding carboxylic acids is 3. The molecule has 172 valence electrons. The molecule has 0 spiro atoms. The Morgan fingerprint density at radius 1 is 0.848 bits per heavy atom. The van der Waals surface area contributed by atoms with E-state index in [9.17, 15) is 14.4 Å². The molecule has 0 aliphatic carbocycles. The number of benzene rings is 2. The van der Waals surface area contributed by atoms with Crippen molar-refractivity contribution in [1.82, 2.24) is 0 Å². The van der Waals surface area contributed by atoms with Crippen LogP contribution in [0.5, 0.6) is 17.2 Å². The molecule has 0 saturated carbocycles. The highest BCUT2D eigenvalue weighted by Gasteiger charge is 2.09. The molecule has 2 rings (SSSR count). The number of esters is 3. The number of aliphatic hydroxyl groups excluding tert-OH is 1. The first-order valence-corrected chi connectivity index (χ1v) is 9.94. The summed E-state index contributed by atoms with van der Waals surface area (Å²) < 4.78 is 20.6. The SMILES string of the molecule is C=CC(=O)OCCCOc1ccc(/C=C/C(=O)Oc2ccc(OC(=O)C(=C)CO)cc2)cc1. The van der Waals surface area contributed by atoms with Gasteiger partial charge in [0.1, 0.15) is 17.2 Å². The van der Waals surface area contributed by atoms with Gasteiger partial charge in [-0.1, -0.05) is 25.3 Å². The largest absolute Gasteiger partial charge is 0.493 e. The zero-order valence-corrected chi connectivity index (χ0v) is 17.9. The third-order valence-corrected chi connectivity index (χ3v) is 3.99. The Bertz CT molecular complexity index is 1000. The van der Waals surface area contributed by atoms with E-state index in [2.05, 4.69) is 13.2 Å². The van der Waals surface area contributed by atoms with Crippen molar-refractivity contribution in [2.45, 2.75) is 6.42 Å². The first kappa shape index (κ1) is 25.1. The molecule has 0 unspecified atom stereocenters. The first-order chi connectivity index (χ1) is 15.9.